The number of nitrogen functional groups attached to an aromatic ring is 1. The molecule has 3 N–H and O–H groups in total. The summed E-state index contributed by atoms with van der Waals surface area (Å²) in [5.41, 5.74) is 6.66. The van der Waals surface area contributed by atoms with Gasteiger partial charge in [-0.2, -0.15) is 0 Å². The Labute approximate surface area is 168 Å². The number of furan rings is 1. The van der Waals surface area contributed by atoms with Crippen LogP contribution in [0.1, 0.15) is 31.1 Å². The Morgan fingerprint density at radius 3 is 2.68 bits per heavy atom. The van der Waals surface area contributed by atoms with E-state index in [1.54, 1.807) is 11.0 Å². The maximum absolute atomic E-state index is 12.6. The topological polar surface area (TPSA) is 97.8 Å². The number of hydrogen-bond donors (Lipinski definition) is 2. The molecular formula is C20H24ClN3O4. The normalized spacial score (nSPS) is 23.6. The van der Waals surface area contributed by atoms with Gasteiger partial charge in [-0.25, -0.2) is 4.79 Å². The molecule has 2 atom stereocenters. The Balaban J connectivity index is 1.33. The van der Waals surface area contributed by atoms with Crippen molar-refractivity contribution in [3.05, 3.63) is 29.0 Å². The van der Waals surface area contributed by atoms with Crippen molar-refractivity contribution in [2.75, 3.05) is 25.4 Å². The molecule has 7 nitrogen and oxygen atoms in total. The first-order chi connectivity index (χ1) is 13.2. The standard InChI is InChI=1S/C20H24ClN3O4/c1-20(2,3)28-19(26)24-8-13-12(14(13)9-24)7-23-18(25)11-6-15(21)16(22)10-4-5-27-17(10)11/h4-6,12-14H,7-9,22H2,1-3H3,(H,23,25). The van der Waals surface area contributed by atoms with Gasteiger partial charge in [-0.15, -0.1) is 0 Å². The van der Waals surface area contributed by atoms with E-state index in [9.17, 15) is 9.59 Å². The van der Waals surface area contributed by atoms with E-state index in [0.29, 0.717) is 64.6 Å². The largest absolute Gasteiger partial charge is 0.463 e. The van der Waals surface area contributed by atoms with E-state index in [4.69, 9.17) is 26.5 Å². The highest BCUT2D eigenvalue weighted by Crippen LogP contribution is 2.51. The number of piperidine rings is 1. The minimum atomic E-state index is -0.491. The summed E-state index contributed by atoms with van der Waals surface area (Å²) in [7, 11) is 0. The lowest BCUT2D eigenvalue weighted by Crippen LogP contribution is -2.38. The predicted octanol–water partition coefficient (Wildman–Crippen LogP) is 3.51. The molecule has 1 saturated carbocycles. The van der Waals surface area contributed by atoms with Crippen molar-refractivity contribution in [1.82, 2.24) is 10.2 Å². The van der Waals surface area contributed by atoms with Gasteiger partial charge in [-0.3, -0.25) is 4.79 Å². The molecule has 1 aromatic heterocycles. The molecule has 2 fully saturated rings. The zero-order chi connectivity index (χ0) is 20.2. The van der Waals surface area contributed by atoms with Crippen LogP contribution in [-0.2, 0) is 4.74 Å². The molecule has 1 aliphatic heterocycles. The smallest absolute Gasteiger partial charge is 0.410 e. The lowest BCUT2D eigenvalue weighted by atomic mass is 10.1. The fraction of sp³-hybridized carbons (Fsp3) is 0.500. The summed E-state index contributed by atoms with van der Waals surface area (Å²) < 4.78 is 10.8. The molecule has 150 valence electrons. The number of fused-ring (bicyclic) bond motifs is 2. The number of nitrogens with two attached hydrogens (primary N) is 1. The molecule has 1 saturated heterocycles. The second-order valence-electron chi connectivity index (χ2n) is 8.57. The van der Waals surface area contributed by atoms with Crippen LogP contribution in [0.25, 0.3) is 11.0 Å². The van der Waals surface area contributed by atoms with Crippen LogP contribution in [0.4, 0.5) is 10.5 Å². The summed E-state index contributed by atoms with van der Waals surface area (Å²) in [5.74, 6) is 0.952. The first-order valence-electron chi connectivity index (χ1n) is 9.37. The molecule has 0 bridgehead atoms. The number of nitrogens with one attached hydrogen (secondary N) is 1. The number of ether oxygens (including phenoxy) is 1. The Morgan fingerprint density at radius 1 is 1.36 bits per heavy atom. The Hall–Kier alpha value is -2.41. The van der Waals surface area contributed by atoms with Gasteiger partial charge >= 0.3 is 6.09 Å². The highest BCUT2D eigenvalue weighted by atomic mass is 35.5. The van der Waals surface area contributed by atoms with E-state index in [1.165, 1.54) is 12.3 Å². The molecule has 2 unspecified atom stereocenters. The fourth-order valence-electron chi connectivity index (χ4n) is 4.03. The summed E-state index contributed by atoms with van der Waals surface area (Å²) in [6, 6.07) is 3.24. The van der Waals surface area contributed by atoms with Crippen LogP contribution in [-0.4, -0.2) is 42.1 Å². The highest BCUT2D eigenvalue weighted by Gasteiger charge is 2.56. The third kappa shape index (κ3) is 3.39. The minimum Gasteiger partial charge on any atom is -0.463 e. The molecule has 0 radical (unpaired) electrons. The maximum atomic E-state index is 12.6. The number of likely N-dealkylation sites (tertiary alicyclic amines) is 1. The first kappa shape index (κ1) is 18.9. The van der Waals surface area contributed by atoms with Gasteiger partial charge in [-0.05, 0) is 50.7 Å². The number of halogens is 1. The number of amides is 2. The summed E-state index contributed by atoms with van der Waals surface area (Å²) >= 11 is 6.14. The Morgan fingerprint density at radius 2 is 2.04 bits per heavy atom. The van der Waals surface area contributed by atoms with Crippen LogP contribution in [0.3, 0.4) is 0 Å². The third-order valence-electron chi connectivity index (χ3n) is 5.49. The van der Waals surface area contributed by atoms with Gasteiger partial charge in [0.1, 0.15) is 11.2 Å². The number of hydrogen-bond acceptors (Lipinski definition) is 5. The second kappa shape index (κ2) is 6.58. The summed E-state index contributed by atoms with van der Waals surface area (Å²) in [6.07, 6.45) is 1.23. The van der Waals surface area contributed by atoms with Gasteiger partial charge < -0.3 is 25.1 Å². The molecule has 2 aromatic rings. The minimum absolute atomic E-state index is 0.240. The van der Waals surface area contributed by atoms with Crippen molar-refractivity contribution in [3.8, 4) is 0 Å². The first-order valence-corrected chi connectivity index (χ1v) is 9.75. The van der Waals surface area contributed by atoms with Crippen LogP contribution in [0.15, 0.2) is 22.8 Å². The number of carbonyl (C=O) groups is 2. The van der Waals surface area contributed by atoms with Crippen LogP contribution in [0.5, 0.6) is 0 Å². The molecule has 2 heterocycles. The highest BCUT2D eigenvalue weighted by molar-refractivity contribution is 6.35. The van der Waals surface area contributed by atoms with Crippen molar-refractivity contribution in [1.29, 1.82) is 0 Å². The van der Waals surface area contributed by atoms with E-state index < -0.39 is 5.60 Å². The van der Waals surface area contributed by atoms with Crippen LogP contribution in [0.2, 0.25) is 5.02 Å². The molecule has 2 amide bonds. The SMILES string of the molecule is CC(C)(C)OC(=O)N1CC2C(CNC(=O)c3cc(Cl)c(N)c4ccoc34)C2C1. The number of nitrogens with zero attached hydrogens (tertiary/aromatic N) is 1. The van der Waals surface area contributed by atoms with E-state index in [2.05, 4.69) is 5.32 Å². The lowest BCUT2D eigenvalue weighted by molar-refractivity contribution is 0.0265. The van der Waals surface area contributed by atoms with Crippen LogP contribution in [0, 0.1) is 17.8 Å². The quantitative estimate of drug-likeness (QED) is 0.761. The lowest BCUT2D eigenvalue weighted by Gasteiger charge is -2.26. The molecule has 4 rings (SSSR count). The molecule has 8 heteroatoms. The summed E-state index contributed by atoms with van der Waals surface area (Å²) in [5, 5.41) is 3.93. The van der Waals surface area contributed by atoms with Gasteiger partial charge in [-0.1, -0.05) is 11.6 Å². The number of benzene rings is 1. The van der Waals surface area contributed by atoms with Gasteiger partial charge in [0.15, 0.2) is 0 Å². The van der Waals surface area contributed by atoms with E-state index in [1.807, 2.05) is 20.8 Å². The van der Waals surface area contributed by atoms with E-state index in [0.717, 1.165) is 0 Å². The Kier molecular flexibility index (Phi) is 4.45. The predicted molar refractivity (Wildman–Crippen MR) is 106 cm³/mol. The van der Waals surface area contributed by atoms with Crippen LogP contribution < -0.4 is 11.1 Å². The molecule has 1 aliphatic carbocycles. The van der Waals surface area contributed by atoms with Gasteiger partial charge in [0.05, 0.1) is 22.5 Å². The number of anilines is 1. The third-order valence-corrected chi connectivity index (χ3v) is 5.81. The Bertz CT molecular complexity index is 937. The second-order valence-corrected chi connectivity index (χ2v) is 8.98. The molecule has 2 aliphatic rings. The van der Waals surface area contributed by atoms with Gasteiger partial charge in [0.25, 0.3) is 5.91 Å². The average Bonchev–Trinajstić information content (AvgIpc) is 3.00. The van der Waals surface area contributed by atoms with Crippen molar-refractivity contribution < 1.29 is 18.7 Å². The average molecular weight is 406 g/mol. The van der Waals surface area contributed by atoms with Crippen LogP contribution >= 0.6 is 11.6 Å². The summed E-state index contributed by atoms with van der Waals surface area (Å²) in [4.78, 5) is 26.5. The molecule has 1 aromatic carbocycles. The fourth-order valence-corrected chi connectivity index (χ4v) is 4.24. The number of rotatable bonds is 3. The van der Waals surface area contributed by atoms with Crippen molar-refractivity contribution >= 4 is 40.3 Å². The van der Waals surface area contributed by atoms with Gasteiger partial charge in [0, 0.05) is 25.0 Å². The van der Waals surface area contributed by atoms with Crippen molar-refractivity contribution in [2.24, 2.45) is 17.8 Å². The molecular weight excluding hydrogens is 382 g/mol. The van der Waals surface area contributed by atoms with Gasteiger partial charge in [0.2, 0.25) is 0 Å². The summed E-state index contributed by atoms with van der Waals surface area (Å²) in [6.45, 7) is 7.49. The van der Waals surface area contributed by atoms with Crippen molar-refractivity contribution in [2.45, 2.75) is 26.4 Å². The maximum Gasteiger partial charge on any atom is 0.410 e. The zero-order valence-electron chi connectivity index (χ0n) is 16.1. The van der Waals surface area contributed by atoms with E-state index in [-0.39, 0.29) is 12.0 Å². The molecule has 0 spiro atoms. The van der Waals surface area contributed by atoms with E-state index >= 15 is 0 Å². The monoisotopic (exact) mass is 405 g/mol. The van der Waals surface area contributed by atoms with Crippen molar-refractivity contribution in [3.63, 3.8) is 0 Å². The molecule has 28 heavy (non-hydrogen) atoms. The number of carbonyl (C=O) groups excluding carboxylic acids is 2. The zero-order valence-corrected chi connectivity index (χ0v) is 16.9.